The van der Waals surface area contributed by atoms with Crippen molar-refractivity contribution in [2.24, 2.45) is 17.8 Å². The van der Waals surface area contributed by atoms with Crippen LogP contribution in [0.1, 0.15) is 43.7 Å². The lowest BCUT2D eigenvalue weighted by Crippen LogP contribution is -2.57. The van der Waals surface area contributed by atoms with E-state index in [-0.39, 0.29) is 36.1 Å². The molecule has 3 amide bonds. The molecule has 0 radical (unpaired) electrons. The molecule has 3 aliphatic heterocycles. The third-order valence-electron chi connectivity index (χ3n) is 8.92. The Bertz CT molecular complexity index is 1330. The van der Waals surface area contributed by atoms with Gasteiger partial charge in [0.25, 0.3) is 0 Å². The Labute approximate surface area is 227 Å². The molecule has 7 atom stereocenters. The fraction of sp³-hybridized carbons (Fsp3) is 0.452. The maximum Gasteiger partial charge on any atom is 0.246 e. The minimum absolute atomic E-state index is 0.0208. The van der Waals surface area contributed by atoms with Crippen molar-refractivity contribution in [1.82, 2.24) is 10.2 Å². The average molecular weight is 532 g/mol. The first-order valence-corrected chi connectivity index (χ1v) is 13.9. The zero-order valence-corrected chi connectivity index (χ0v) is 22.2. The standard InChI is InChI=1S/C31H34FN3O4/c1-18-6-5-8-22(16-18)33-28(36)25-24-14-15-31(39-24)26(25)30(38)35(17-20-10-12-21(32)13-11-20)27(31)29(37)34-23-9-4-3-7-19(23)2/h5-6,8,10-16,19,23-27H,3-4,7,9,17H2,1-2H3,(H,33,36)(H,34,37)/t19?,23?,24-,25?,26-,27?,31?/m1/s1. The highest BCUT2D eigenvalue weighted by atomic mass is 19.1. The summed E-state index contributed by atoms with van der Waals surface area (Å²) in [5, 5.41) is 6.19. The maximum atomic E-state index is 14.1. The summed E-state index contributed by atoms with van der Waals surface area (Å²) in [7, 11) is 0. The minimum atomic E-state index is -1.24. The number of nitrogens with one attached hydrogen (secondary N) is 2. The van der Waals surface area contributed by atoms with Crippen molar-refractivity contribution in [3.8, 4) is 0 Å². The largest absolute Gasteiger partial charge is 0.359 e. The molecular formula is C31H34FN3O4. The third-order valence-corrected chi connectivity index (χ3v) is 8.92. The van der Waals surface area contributed by atoms with Crippen molar-refractivity contribution < 1.29 is 23.5 Å². The van der Waals surface area contributed by atoms with E-state index in [1.165, 1.54) is 17.0 Å². The molecule has 2 aromatic rings. The van der Waals surface area contributed by atoms with Crippen LogP contribution in [0.2, 0.25) is 0 Å². The van der Waals surface area contributed by atoms with E-state index in [0.29, 0.717) is 17.2 Å². The van der Waals surface area contributed by atoms with Crippen LogP contribution < -0.4 is 10.6 Å². The van der Waals surface area contributed by atoms with Gasteiger partial charge in [0.1, 0.15) is 17.5 Å². The Morgan fingerprint density at radius 2 is 1.87 bits per heavy atom. The summed E-state index contributed by atoms with van der Waals surface area (Å²) in [6, 6.07) is 12.5. The number of carbonyl (C=O) groups excluding carboxylic acids is 3. The lowest BCUT2D eigenvalue weighted by atomic mass is 9.74. The zero-order chi connectivity index (χ0) is 27.3. The molecule has 3 fully saturated rings. The molecule has 2 saturated heterocycles. The number of benzene rings is 2. The first-order valence-electron chi connectivity index (χ1n) is 13.9. The van der Waals surface area contributed by atoms with Gasteiger partial charge in [-0.15, -0.1) is 0 Å². The second kappa shape index (κ2) is 9.90. The van der Waals surface area contributed by atoms with Crippen LogP contribution >= 0.6 is 0 Å². The lowest BCUT2D eigenvalue weighted by molar-refractivity contribution is -0.142. The molecule has 1 saturated carbocycles. The molecule has 5 unspecified atom stereocenters. The van der Waals surface area contributed by atoms with E-state index < -0.39 is 29.6 Å². The van der Waals surface area contributed by atoms with E-state index in [0.717, 1.165) is 31.2 Å². The topological polar surface area (TPSA) is 87.7 Å². The summed E-state index contributed by atoms with van der Waals surface area (Å²) >= 11 is 0. The molecule has 6 rings (SSSR count). The molecule has 1 spiro atoms. The van der Waals surface area contributed by atoms with E-state index in [4.69, 9.17) is 4.74 Å². The highest BCUT2D eigenvalue weighted by Crippen LogP contribution is 2.55. The number of ether oxygens (including phenoxy) is 1. The number of halogens is 1. The van der Waals surface area contributed by atoms with E-state index in [1.807, 2.05) is 43.3 Å². The normalized spacial score (nSPS) is 32.8. The Balaban J connectivity index is 1.33. The van der Waals surface area contributed by atoms with Gasteiger partial charge >= 0.3 is 0 Å². The van der Waals surface area contributed by atoms with E-state index in [9.17, 15) is 18.8 Å². The van der Waals surface area contributed by atoms with Gasteiger partial charge in [-0.05, 0) is 61.1 Å². The molecule has 4 aliphatic rings. The second-order valence-corrected chi connectivity index (χ2v) is 11.5. The van der Waals surface area contributed by atoms with Crippen molar-refractivity contribution in [3.63, 3.8) is 0 Å². The molecular weight excluding hydrogens is 497 g/mol. The number of hydrogen-bond acceptors (Lipinski definition) is 4. The molecule has 3 heterocycles. The summed E-state index contributed by atoms with van der Waals surface area (Å²) < 4.78 is 20.0. The van der Waals surface area contributed by atoms with Crippen molar-refractivity contribution in [2.75, 3.05) is 5.32 Å². The van der Waals surface area contributed by atoms with Gasteiger partial charge in [0, 0.05) is 18.3 Å². The van der Waals surface area contributed by atoms with Crippen LogP contribution in [-0.2, 0) is 25.7 Å². The van der Waals surface area contributed by atoms with Crippen molar-refractivity contribution >= 4 is 23.4 Å². The smallest absolute Gasteiger partial charge is 0.246 e. The van der Waals surface area contributed by atoms with Gasteiger partial charge < -0.3 is 20.3 Å². The third kappa shape index (κ3) is 4.44. The monoisotopic (exact) mass is 531 g/mol. The fourth-order valence-electron chi connectivity index (χ4n) is 6.97. The number of amides is 3. The summed E-state index contributed by atoms with van der Waals surface area (Å²) in [5.74, 6) is -2.52. The second-order valence-electron chi connectivity index (χ2n) is 11.5. The highest BCUT2D eigenvalue weighted by Gasteiger charge is 2.72. The SMILES string of the molecule is Cc1cccc(NC(=O)C2[C@H]3C=CC4(O3)C(C(=O)NC3CCCCC3C)N(Cc3ccc(F)cc3)C(=O)[C@@H]24)c1. The van der Waals surface area contributed by atoms with Crippen LogP contribution in [-0.4, -0.2) is 46.4 Å². The first-order chi connectivity index (χ1) is 18.8. The number of anilines is 1. The molecule has 0 aromatic heterocycles. The summed E-state index contributed by atoms with van der Waals surface area (Å²) in [5.41, 5.74) is 1.11. The minimum Gasteiger partial charge on any atom is -0.359 e. The van der Waals surface area contributed by atoms with E-state index in [1.54, 1.807) is 12.1 Å². The molecule has 8 heteroatoms. The number of aryl methyl sites for hydroxylation is 1. The van der Waals surface area contributed by atoms with Gasteiger partial charge in [0.2, 0.25) is 17.7 Å². The molecule has 2 bridgehead atoms. The molecule has 39 heavy (non-hydrogen) atoms. The number of fused-ring (bicyclic) bond motifs is 1. The maximum absolute atomic E-state index is 14.1. The van der Waals surface area contributed by atoms with Crippen LogP contribution in [0.3, 0.4) is 0 Å². The zero-order valence-electron chi connectivity index (χ0n) is 22.2. The Morgan fingerprint density at radius 3 is 2.62 bits per heavy atom. The summed E-state index contributed by atoms with van der Waals surface area (Å²) in [6.07, 6.45) is 7.16. The van der Waals surface area contributed by atoms with Crippen molar-refractivity contribution in [2.45, 2.75) is 69.9 Å². The Hall–Kier alpha value is -3.52. The number of nitrogens with zero attached hydrogens (tertiary/aromatic N) is 1. The molecule has 2 N–H and O–H groups in total. The number of likely N-dealkylation sites (tertiary alicyclic amines) is 1. The van der Waals surface area contributed by atoms with Gasteiger partial charge in [-0.3, -0.25) is 14.4 Å². The van der Waals surface area contributed by atoms with Crippen LogP contribution in [0, 0.1) is 30.5 Å². The predicted octanol–water partition coefficient (Wildman–Crippen LogP) is 4.12. The van der Waals surface area contributed by atoms with E-state index in [2.05, 4.69) is 17.6 Å². The number of hydrogen-bond donors (Lipinski definition) is 2. The Morgan fingerprint density at radius 1 is 1.10 bits per heavy atom. The van der Waals surface area contributed by atoms with Crippen molar-refractivity contribution in [1.29, 1.82) is 0 Å². The van der Waals surface area contributed by atoms with Gasteiger partial charge in [-0.25, -0.2) is 4.39 Å². The highest BCUT2D eigenvalue weighted by molar-refractivity contribution is 6.02. The van der Waals surface area contributed by atoms with Crippen LogP contribution in [0.5, 0.6) is 0 Å². The van der Waals surface area contributed by atoms with Gasteiger partial charge in [-0.2, -0.15) is 0 Å². The number of carbonyl (C=O) groups is 3. The van der Waals surface area contributed by atoms with Crippen LogP contribution in [0.15, 0.2) is 60.7 Å². The van der Waals surface area contributed by atoms with Crippen molar-refractivity contribution in [3.05, 3.63) is 77.6 Å². The van der Waals surface area contributed by atoms with Gasteiger partial charge in [0.15, 0.2) is 0 Å². The van der Waals surface area contributed by atoms with E-state index >= 15 is 0 Å². The average Bonchev–Trinajstić information content (AvgIpc) is 3.54. The van der Waals surface area contributed by atoms with Gasteiger partial charge in [-0.1, -0.05) is 56.2 Å². The molecule has 7 nitrogen and oxygen atoms in total. The fourth-order valence-corrected chi connectivity index (χ4v) is 6.97. The van der Waals surface area contributed by atoms with Crippen LogP contribution in [0.4, 0.5) is 10.1 Å². The summed E-state index contributed by atoms with van der Waals surface area (Å²) in [6.45, 7) is 4.20. The quantitative estimate of drug-likeness (QED) is 0.549. The van der Waals surface area contributed by atoms with Crippen LogP contribution in [0.25, 0.3) is 0 Å². The first kappa shape index (κ1) is 25.7. The lowest BCUT2D eigenvalue weighted by Gasteiger charge is -2.36. The molecule has 2 aromatic carbocycles. The number of rotatable bonds is 6. The predicted molar refractivity (Wildman–Crippen MR) is 144 cm³/mol. The Kier molecular flexibility index (Phi) is 6.53. The summed E-state index contributed by atoms with van der Waals surface area (Å²) in [4.78, 5) is 43.3. The molecule has 1 aliphatic carbocycles. The molecule has 204 valence electrons. The van der Waals surface area contributed by atoms with Gasteiger partial charge in [0.05, 0.1) is 17.9 Å².